The van der Waals surface area contributed by atoms with Crippen LogP contribution in [0.4, 0.5) is 13.2 Å². The molecule has 3 rings (SSSR count). The molecular formula is C17H23ClF3N3O. The van der Waals surface area contributed by atoms with Gasteiger partial charge < -0.3 is 10.2 Å². The molecule has 0 bridgehead atoms. The van der Waals surface area contributed by atoms with Gasteiger partial charge in [-0.1, -0.05) is 30.3 Å². The second-order valence-electron chi connectivity index (χ2n) is 6.57. The number of hydrogen-bond donors (Lipinski definition) is 1. The quantitative estimate of drug-likeness (QED) is 0.878. The molecule has 1 amide bonds. The predicted molar refractivity (Wildman–Crippen MR) is 91.5 cm³/mol. The summed E-state index contributed by atoms with van der Waals surface area (Å²) in [6.07, 6.45) is -4.69. The van der Waals surface area contributed by atoms with E-state index in [2.05, 4.69) is 5.32 Å². The van der Waals surface area contributed by atoms with Gasteiger partial charge in [0.1, 0.15) is 0 Å². The van der Waals surface area contributed by atoms with Crippen molar-refractivity contribution >= 4 is 18.3 Å². The van der Waals surface area contributed by atoms with Crippen LogP contribution in [-0.2, 0) is 11.3 Å². The van der Waals surface area contributed by atoms with Crippen LogP contribution in [0.1, 0.15) is 12.0 Å². The topological polar surface area (TPSA) is 35.6 Å². The number of hydrogen-bond acceptors (Lipinski definition) is 3. The third-order valence-electron chi connectivity index (χ3n) is 4.95. The van der Waals surface area contributed by atoms with Crippen molar-refractivity contribution in [1.82, 2.24) is 15.1 Å². The second-order valence-corrected chi connectivity index (χ2v) is 6.57. The second kappa shape index (κ2) is 7.93. The minimum absolute atomic E-state index is 0. The van der Waals surface area contributed by atoms with Crippen molar-refractivity contribution in [2.75, 3.05) is 39.3 Å². The van der Waals surface area contributed by atoms with Crippen molar-refractivity contribution in [3.63, 3.8) is 0 Å². The Labute approximate surface area is 151 Å². The molecule has 0 radical (unpaired) electrons. The molecule has 25 heavy (non-hydrogen) atoms. The van der Waals surface area contributed by atoms with E-state index in [1.165, 1.54) is 4.90 Å². The number of carbonyl (C=O) groups is 1. The maximum Gasteiger partial charge on any atom is 0.404 e. The van der Waals surface area contributed by atoms with Crippen molar-refractivity contribution < 1.29 is 18.0 Å². The molecule has 0 aromatic heterocycles. The van der Waals surface area contributed by atoms with Crippen LogP contribution in [0.25, 0.3) is 0 Å². The molecule has 0 saturated carbocycles. The third kappa shape index (κ3) is 4.10. The first-order valence-electron chi connectivity index (χ1n) is 8.25. The van der Waals surface area contributed by atoms with Crippen LogP contribution in [0.2, 0.25) is 0 Å². The molecule has 0 spiro atoms. The van der Waals surface area contributed by atoms with Gasteiger partial charge >= 0.3 is 6.18 Å². The summed E-state index contributed by atoms with van der Waals surface area (Å²) < 4.78 is 41.5. The molecule has 2 heterocycles. The van der Waals surface area contributed by atoms with Gasteiger partial charge in [0.25, 0.3) is 0 Å². The molecule has 4 nitrogen and oxygen atoms in total. The van der Waals surface area contributed by atoms with Gasteiger partial charge in [-0.3, -0.25) is 9.69 Å². The number of alkyl halides is 3. The largest absolute Gasteiger partial charge is 0.404 e. The Balaban J connectivity index is 0.00000225. The van der Waals surface area contributed by atoms with Gasteiger partial charge in [0.2, 0.25) is 5.91 Å². The molecule has 2 aliphatic rings. The number of carbonyl (C=O) groups excluding carboxylic acids is 1. The van der Waals surface area contributed by atoms with Gasteiger partial charge in [-0.25, -0.2) is 0 Å². The van der Waals surface area contributed by atoms with Crippen LogP contribution in [0.3, 0.4) is 0 Å². The lowest BCUT2D eigenvalue weighted by Gasteiger charge is -2.37. The van der Waals surface area contributed by atoms with Crippen molar-refractivity contribution in [2.24, 2.45) is 5.41 Å². The van der Waals surface area contributed by atoms with E-state index in [0.29, 0.717) is 32.7 Å². The fourth-order valence-corrected chi connectivity index (χ4v) is 3.56. The molecule has 1 unspecified atom stereocenters. The van der Waals surface area contributed by atoms with E-state index in [0.717, 1.165) is 5.56 Å². The van der Waals surface area contributed by atoms with E-state index in [1.54, 1.807) is 4.90 Å². The van der Waals surface area contributed by atoms with E-state index >= 15 is 0 Å². The van der Waals surface area contributed by atoms with Gasteiger partial charge in [0, 0.05) is 39.3 Å². The number of rotatable bonds is 3. The van der Waals surface area contributed by atoms with E-state index in [1.807, 2.05) is 30.3 Å². The molecule has 8 heteroatoms. The van der Waals surface area contributed by atoms with Crippen molar-refractivity contribution in [3.8, 4) is 0 Å². The maximum absolute atomic E-state index is 13.8. The number of likely N-dealkylation sites (tertiary alicyclic amines) is 1. The Hall–Kier alpha value is -1.31. The summed E-state index contributed by atoms with van der Waals surface area (Å²) in [5, 5.41) is 3.07. The van der Waals surface area contributed by atoms with E-state index in [-0.39, 0.29) is 31.9 Å². The monoisotopic (exact) mass is 377 g/mol. The van der Waals surface area contributed by atoms with Crippen LogP contribution in [0.15, 0.2) is 30.3 Å². The lowest BCUT2D eigenvalue weighted by atomic mass is 9.84. The van der Waals surface area contributed by atoms with Crippen LogP contribution in [-0.4, -0.2) is 61.2 Å². The zero-order valence-electron chi connectivity index (χ0n) is 13.9. The smallest absolute Gasteiger partial charge is 0.339 e. The van der Waals surface area contributed by atoms with Crippen molar-refractivity contribution in [1.29, 1.82) is 0 Å². The minimum atomic E-state index is -4.53. The fraction of sp³-hybridized carbons (Fsp3) is 0.588. The molecule has 1 aromatic carbocycles. The Kier molecular flexibility index (Phi) is 6.35. The SMILES string of the molecule is Cl.O=C(N1CCNCC1)C1(C(F)(F)F)CCN(Cc2ccccc2)C1. The Bertz CT molecular complexity index is 578. The summed E-state index contributed by atoms with van der Waals surface area (Å²) in [5.74, 6) is -0.757. The van der Waals surface area contributed by atoms with Gasteiger partial charge in [0.15, 0.2) is 5.41 Å². The molecule has 2 aliphatic heterocycles. The Morgan fingerprint density at radius 1 is 1.12 bits per heavy atom. The highest BCUT2D eigenvalue weighted by atomic mass is 35.5. The summed E-state index contributed by atoms with van der Waals surface area (Å²) in [4.78, 5) is 15.8. The van der Waals surface area contributed by atoms with E-state index < -0.39 is 17.5 Å². The van der Waals surface area contributed by atoms with E-state index in [9.17, 15) is 18.0 Å². The molecule has 2 fully saturated rings. The number of benzene rings is 1. The highest BCUT2D eigenvalue weighted by Gasteiger charge is 2.63. The lowest BCUT2D eigenvalue weighted by Crippen LogP contribution is -2.57. The average Bonchev–Trinajstić information content (AvgIpc) is 3.01. The zero-order valence-corrected chi connectivity index (χ0v) is 14.7. The van der Waals surface area contributed by atoms with Gasteiger partial charge in [-0.05, 0) is 18.5 Å². The van der Waals surface area contributed by atoms with Crippen molar-refractivity contribution in [2.45, 2.75) is 19.1 Å². The Morgan fingerprint density at radius 2 is 1.76 bits per heavy atom. The number of nitrogens with zero attached hydrogens (tertiary/aromatic N) is 2. The minimum Gasteiger partial charge on any atom is -0.339 e. The third-order valence-corrected chi connectivity index (χ3v) is 4.95. The van der Waals surface area contributed by atoms with Gasteiger partial charge in [-0.2, -0.15) is 13.2 Å². The summed E-state index contributed by atoms with van der Waals surface area (Å²) in [7, 11) is 0. The fourth-order valence-electron chi connectivity index (χ4n) is 3.56. The molecule has 1 atom stereocenters. The zero-order chi connectivity index (χ0) is 17.2. The maximum atomic E-state index is 13.8. The summed E-state index contributed by atoms with van der Waals surface area (Å²) in [5.41, 5.74) is -1.30. The number of piperazine rings is 1. The van der Waals surface area contributed by atoms with Crippen LogP contribution in [0.5, 0.6) is 0 Å². The molecular weight excluding hydrogens is 355 g/mol. The van der Waals surface area contributed by atoms with Crippen molar-refractivity contribution in [3.05, 3.63) is 35.9 Å². The van der Waals surface area contributed by atoms with Crippen LogP contribution >= 0.6 is 12.4 Å². The predicted octanol–water partition coefficient (Wildman–Crippen LogP) is 2.29. The normalized spacial score (nSPS) is 24.8. The highest BCUT2D eigenvalue weighted by Crippen LogP contribution is 2.47. The molecule has 2 saturated heterocycles. The standard InChI is InChI=1S/C17H22F3N3O.ClH/c18-17(19,20)16(15(24)23-10-7-21-8-11-23)6-9-22(13-16)12-14-4-2-1-3-5-14;/h1-5,21H,6-13H2;1H. The first-order valence-corrected chi connectivity index (χ1v) is 8.25. The summed E-state index contributed by atoms with van der Waals surface area (Å²) in [6.45, 7) is 2.25. The molecule has 1 N–H and O–H groups in total. The van der Waals surface area contributed by atoms with Crippen LogP contribution in [0, 0.1) is 5.41 Å². The summed E-state index contributed by atoms with van der Waals surface area (Å²) in [6, 6.07) is 9.40. The highest BCUT2D eigenvalue weighted by molar-refractivity contribution is 5.85. The summed E-state index contributed by atoms with van der Waals surface area (Å²) >= 11 is 0. The average molecular weight is 378 g/mol. The first kappa shape index (κ1) is 20.0. The number of amides is 1. The number of nitrogens with one attached hydrogen (secondary N) is 1. The lowest BCUT2D eigenvalue weighted by molar-refractivity contribution is -0.224. The molecule has 140 valence electrons. The van der Waals surface area contributed by atoms with E-state index in [4.69, 9.17) is 0 Å². The Morgan fingerprint density at radius 3 is 2.36 bits per heavy atom. The van der Waals surface area contributed by atoms with Gasteiger partial charge in [0.05, 0.1) is 0 Å². The molecule has 1 aromatic rings. The first-order chi connectivity index (χ1) is 11.4. The van der Waals surface area contributed by atoms with Crippen LogP contribution < -0.4 is 5.32 Å². The molecule has 0 aliphatic carbocycles. The number of halogens is 4. The van der Waals surface area contributed by atoms with Gasteiger partial charge in [-0.15, -0.1) is 12.4 Å².